The van der Waals surface area contributed by atoms with Crippen LogP contribution in [0.1, 0.15) is 12.8 Å². The predicted octanol–water partition coefficient (Wildman–Crippen LogP) is 0.912. The highest BCUT2D eigenvalue weighted by molar-refractivity contribution is 5.69. The van der Waals surface area contributed by atoms with Gasteiger partial charge in [0.2, 0.25) is 0 Å². The van der Waals surface area contributed by atoms with Crippen LogP contribution < -0.4 is 5.32 Å². The second kappa shape index (κ2) is 1.87. The molecule has 1 saturated heterocycles. The molecule has 9 heavy (non-hydrogen) atoms. The summed E-state index contributed by atoms with van der Waals surface area (Å²) in [5.41, 5.74) is 1.32. The fourth-order valence-corrected chi connectivity index (χ4v) is 1.36. The number of nitrogens with one attached hydrogen (secondary N) is 1. The van der Waals surface area contributed by atoms with Crippen molar-refractivity contribution >= 4 is 6.21 Å². The van der Waals surface area contributed by atoms with E-state index in [1.54, 1.807) is 0 Å². The highest BCUT2D eigenvalue weighted by atomic mass is 14.9. The molecule has 0 aromatic carbocycles. The molecule has 0 spiro atoms. The average Bonchev–Trinajstić information content (AvgIpc) is 2.33. The average molecular weight is 122 g/mol. The molecule has 2 aliphatic heterocycles. The van der Waals surface area contributed by atoms with Crippen LogP contribution in [0, 0.1) is 5.92 Å². The minimum atomic E-state index is 0.624. The first-order valence-electron chi connectivity index (χ1n) is 3.44. The van der Waals surface area contributed by atoms with E-state index in [0.717, 1.165) is 6.54 Å². The lowest BCUT2D eigenvalue weighted by atomic mass is 9.99. The molecule has 0 bridgehead atoms. The Balaban J connectivity index is 2.16. The number of hydrogen-bond acceptors (Lipinski definition) is 2. The number of nitrogens with zero attached hydrogens (tertiary/aromatic N) is 1. The number of allylic oxidation sites excluding steroid dienone is 1. The van der Waals surface area contributed by atoms with Crippen LogP contribution in [0.25, 0.3) is 0 Å². The Kier molecular flexibility index (Phi) is 1.04. The second-order valence-electron chi connectivity index (χ2n) is 2.56. The number of piperidine rings is 1. The van der Waals surface area contributed by atoms with E-state index in [2.05, 4.69) is 10.3 Å². The molecule has 2 rings (SSSR count). The van der Waals surface area contributed by atoms with Crippen LogP contribution in [-0.2, 0) is 0 Å². The van der Waals surface area contributed by atoms with Crippen LogP contribution in [0.3, 0.4) is 0 Å². The monoisotopic (exact) mass is 122 g/mol. The van der Waals surface area contributed by atoms with E-state index in [4.69, 9.17) is 0 Å². The molecule has 2 heteroatoms. The van der Waals surface area contributed by atoms with Crippen LogP contribution >= 0.6 is 0 Å². The van der Waals surface area contributed by atoms with E-state index in [1.165, 1.54) is 18.5 Å². The molecule has 1 fully saturated rings. The Bertz CT molecular complexity index is 170. The maximum atomic E-state index is 4.08. The Morgan fingerprint density at radius 2 is 2.67 bits per heavy atom. The summed E-state index contributed by atoms with van der Waals surface area (Å²) in [6.07, 6.45) is 6.53. The molecule has 2 nitrogen and oxygen atoms in total. The Morgan fingerprint density at radius 1 is 1.67 bits per heavy atom. The van der Waals surface area contributed by atoms with Gasteiger partial charge in [0.1, 0.15) is 0 Å². The normalized spacial score (nSPS) is 31.1. The summed E-state index contributed by atoms with van der Waals surface area (Å²) in [6, 6.07) is 0. The minimum absolute atomic E-state index is 0.624. The van der Waals surface area contributed by atoms with Crippen LogP contribution in [0.4, 0.5) is 0 Å². The lowest BCUT2D eigenvalue weighted by Gasteiger charge is -2.19. The fourth-order valence-electron chi connectivity index (χ4n) is 1.36. The molecule has 1 atom stereocenters. The van der Waals surface area contributed by atoms with Crippen molar-refractivity contribution in [2.75, 3.05) is 6.54 Å². The first-order valence-corrected chi connectivity index (χ1v) is 3.44. The van der Waals surface area contributed by atoms with Gasteiger partial charge < -0.3 is 5.32 Å². The second-order valence-corrected chi connectivity index (χ2v) is 2.56. The summed E-state index contributed by atoms with van der Waals surface area (Å²) in [4.78, 5) is 4.08. The quantitative estimate of drug-likeness (QED) is 0.507. The number of hydrogen-bond donors (Lipinski definition) is 1. The highest BCUT2D eigenvalue weighted by Crippen LogP contribution is 2.20. The summed E-state index contributed by atoms with van der Waals surface area (Å²) in [7, 11) is 0. The molecule has 0 aromatic rings. The largest absolute Gasteiger partial charge is 0.387 e. The molecule has 1 unspecified atom stereocenters. The van der Waals surface area contributed by atoms with Crippen molar-refractivity contribution in [1.29, 1.82) is 0 Å². The summed E-state index contributed by atoms with van der Waals surface area (Å²) >= 11 is 0. The third kappa shape index (κ3) is 0.745. The van der Waals surface area contributed by atoms with Crippen molar-refractivity contribution in [1.82, 2.24) is 5.32 Å². The zero-order valence-corrected chi connectivity index (χ0v) is 5.30. The van der Waals surface area contributed by atoms with Crippen LogP contribution in [0.2, 0.25) is 0 Å². The molecule has 2 aliphatic rings. The van der Waals surface area contributed by atoms with Gasteiger partial charge in [-0.3, -0.25) is 4.99 Å². The van der Waals surface area contributed by atoms with Gasteiger partial charge in [-0.25, -0.2) is 0 Å². The topological polar surface area (TPSA) is 24.4 Å². The lowest BCUT2D eigenvalue weighted by molar-refractivity contribution is 0.539. The molecule has 1 N–H and O–H groups in total. The SMILES string of the molecule is C1=NC=C2NCCCC12. The first kappa shape index (κ1) is 5.03. The van der Waals surface area contributed by atoms with Gasteiger partial charge in [-0.15, -0.1) is 0 Å². The summed E-state index contributed by atoms with van der Waals surface area (Å²) in [5.74, 6) is 0.624. The third-order valence-electron chi connectivity index (χ3n) is 1.90. The maximum Gasteiger partial charge on any atom is 0.0460 e. The Morgan fingerprint density at radius 3 is 3.56 bits per heavy atom. The summed E-state index contributed by atoms with van der Waals surface area (Å²) in [6.45, 7) is 1.13. The summed E-state index contributed by atoms with van der Waals surface area (Å²) in [5, 5.41) is 3.32. The third-order valence-corrected chi connectivity index (χ3v) is 1.90. The molecular weight excluding hydrogens is 112 g/mol. The van der Waals surface area contributed by atoms with Gasteiger partial charge in [-0.1, -0.05) is 0 Å². The van der Waals surface area contributed by atoms with Gasteiger partial charge in [0.15, 0.2) is 0 Å². The maximum absolute atomic E-state index is 4.08. The van der Waals surface area contributed by atoms with Crippen molar-refractivity contribution in [2.24, 2.45) is 10.9 Å². The van der Waals surface area contributed by atoms with Crippen LogP contribution in [-0.4, -0.2) is 12.8 Å². The lowest BCUT2D eigenvalue weighted by Crippen LogP contribution is -2.26. The van der Waals surface area contributed by atoms with E-state index in [9.17, 15) is 0 Å². The van der Waals surface area contributed by atoms with Crippen molar-refractivity contribution in [3.8, 4) is 0 Å². The fraction of sp³-hybridized carbons (Fsp3) is 0.571. The van der Waals surface area contributed by atoms with E-state index in [0.29, 0.717) is 5.92 Å². The predicted molar refractivity (Wildman–Crippen MR) is 37.3 cm³/mol. The zero-order chi connectivity index (χ0) is 6.10. The van der Waals surface area contributed by atoms with Gasteiger partial charge in [0.05, 0.1) is 0 Å². The van der Waals surface area contributed by atoms with E-state index >= 15 is 0 Å². The van der Waals surface area contributed by atoms with E-state index < -0.39 is 0 Å². The molecule has 0 radical (unpaired) electrons. The number of fused-ring (bicyclic) bond motifs is 1. The van der Waals surface area contributed by atoms with Crippen molar-refractivity contribution < 1.29 is 0 Å². The smallest absolute Gasteiger partial charge is 0.0460 e. The molecule has 0 amide bonds. The van der Waals surface area contributed by atoms with Crippen molar-refractivity contribution in [3.05, 3.63) is 11.9 Å². The van der Waals surface area contributed by atoms with Gasteiger partial charge in [0, 0.05) is 30.6 Å². The van der Waals surface area contributed by atoms with Crippen molar-refractivity contribution in [2.45, 2.75) is 12.8 Å². The number of rotatable bonds is 0. The van der Waals surface area contributed by atoms with Gasteiger partial charge in [0.25, 0.3) is 0 Å². The number of aliphatic imine (C=N–C) groups is 1. The van der Waals surface area contributed by atoms with Crippen LogP contribution in [0.5, 0.6) is 0 Å². The molecular formula is C7H10N2. The van der Waals surface area contributed by atoms with E-state index in [-0.39, 0.29) is 0 Å². The highest BCUT2D eigenvalue weighted by Gasteiger charge is 2.18. The van der Waals surface area contributed by atoms with Crippen molar-refractivity contribution in [3.63, 3.8) is 0 Å². The van der Waals surface area contributed by atoms with Crippen LogP contribution in [0.15, 0.2) is 16.9 Å². The molecule has 0 aromatic heterocycles. The molecule has 2 heterocycles. The van der Waals surface area contributed by atoms with Gasteiger partial charge in [-0.05, 0) is 12.8 Å². The Hall–Kier alpha value is -0.790. The minimum Gasteiger partial charge on any atom is -0.387 e. The van der Waals surface area contributed by atoms with E-state index in [1.807, 2.05) is 12.4 Å². The summed E-state index contributed by atoms with van der Waals surface area (Å²) < 4.78 is 0. The van der Waals surface area contributed by atoms with Gasteiger partial charge in [-0.2, -0.15) is 0 Å². The van der Waals surface area contributed by atoms with Gasteiger partial charge >= 0.3 is 0 Å². The molecule has 48 valence electrons. The Labute approximate surface area is 54.7 Å². The molecule has 0 aliphatic carbocycles. The first-order chi connectivity index (χ1) is 4.47. The molecule has 0 saturated carbocycles. The standard InChI is InChI=1S/C7H10N2/c1-2-6-4-8-5-7(6)9-3-1/h4-6,9H,1-3H2. The zero-order valence-electron chi connectivity index (χ0n) is 5.30.